The molecule has 1 unspecified atom stereocenters. The molecule has 1 saturated heterocycles. The minimum absolute atomic E-state index is 0.0461. The maximum Gasteiger partial charge on any atom is 0.268 e. The molecule has 0 aliphatic carbocycles. The number of anilines is 1. The number of nitrogens with zero attached hydrogens (tertiary/aromatic N) is 1. The van der Waals surface area contributed by atoms with Gasteiger partial charge in [-0.2, -0.15) is 0 Å². The van der Waals surface area contributed by atoms with Gasteiger partial charge in [-0.25, -0.2) is 0 Å². The van der Waals surface area contributed by atoms with Gasteiger partial charge in [0, 0.05) is 12.8 Å². The predicted molar refractivity (Wildman–Crippen MR) is 96.0 cm³/mol. The Morgan fingerprint density at radius 3 is 2.84 bits per heavy atom. The number of hydrogen-bond acceptors (Lipinski definition) is 3. The normalized spacial score (nSPS) is 20.3. The van der Waals surface area contributed by atoms with Crippen LogP contribution in [-0.2, 0) is 9.59 Å². The molecule has 1 aromatic rings. The van der Waals surface area contributed by atoms with E-state index in [0.717, 1.165) is 12.1 Å². The molecule has 6 heteroatoms. The number of nitrogens with one attached hydrogen (secondary N) is 2. The van der Waals surface area contributed by atoms with Gasteiger partial charge in [-0.05, 0) is 31.0 Å². The van der Waals surface area contributed by atoms with Crippen LogP contribution in [0.2, 0.25) is 0 Å². The van der Waals surface area contributed by atoms with E-state index >= 15 is 0 Å². The number of fused-ring (bicyclic) bond motifs is 1. The largest absolute Gasteiger partial charge is 0.478 e. The van der Waals surface area contributed by atoms with Gasteiger partial charge in [0.05, 0.1) is 31.9 Å². The van der Waals surface area contributed by atoms with Gasteiger partial charge in [0.15, 0.2) is 6.10 Å². The van der Waals surface area contributed by atoms with Crippen LogP contribution in [0.1, 0.15) is 31.7 Å². The first kappa shape index (κ1) is 17.7. The highest BCUT2D eigenvalue weighted by Gasteiger charge is 2.34. The van der Waals surface area contributed by atoms with E-state index in [9.17, 15) is 9.59 Å². The van der Waals surface area contributed by atoms with E-state index in [2.05, 4.69) is 5.32 Å². The van der Waals surface area contributed by atoms with E-state index in [1.165, 1.54) is 25.9 Å². The summed E-state index contributed by atoms with van der Waals surface area (Å²) in [5.74, 6) is 0.420. The first-order valence-corrected chi connectivity index (χ1v) is 9.27. The van der Waals surface area contributed by atoms with Crippen LogP contribution >= 0.6 is 0 Å². The molecule has 1 atom stereocenters. The number of carbonyl (C=O) groups is 2. The van der Waals surface area contributed by atoms with Gasteiger partial charge in [0.1, 0.15) is 12.3 Å². The third kappa shape index (κ3) is 4.12. The van der Waals surface area contributed by atoms with E-state index < -0.39 is 6.10 Å². The Bertz CT molecular complexity index is 641. The van der Waals surface area contributed by atoms with Gasteiger partial charge < -0.3 is 15.0 Å². The fraction of sp³-hybridized carbons (Fsp3) is 0.579. The maximum absolute atomic E-state index is 12.7. The van der Waals surface area contributed by atoms with Crippen LogP contribution in [0, 0.1) is 6.92 Å². The average molecular weight is 346 g/mol. The van der Waals surface area contributed by atoms with Crippen LogP contribution in [0.5, 0.6) is 5.75 Å². The highest BCUT2D eigenvalue weighted by Crippen LogP contribution is 2.35. The van der Waals surface area contributed by atoms with Crippen molar-refractivity contribution in [2.45, 2.75) is 39.2 Å². The Hall–Kier alpha value is -2.08. The Balaban J connectivity index is 1.64. The van der Waals surface area contributed by atoms with Crippen molar-refractivity contribution in [2.75, 3.05) is 37.6 Å². The second kappa shape index (κ2) is 7.87. The SMILES string of the molecule is CCC1Oc2ccc(C)cc2N(CC(=O)NCC[NH+]2CCCC2)C1=O. The molecule has 25 heavy (non-hydrogen) atoms. The highest BCUT2D eigenvalue weighted by molar-refractivity contribution is 6.03. The zero-order chi connectivity index (χ0) is 17.8. The van der Waals surface area contributed by atoms with E-state index in [1.807, 2.05) is 32.0 Å². The first-order chi connectivity index (χ1) is 12.1. The van der Waals surface area contributed by atoms with Crippen LogP contribution in [0.4, 0.5) is 5.69 Å². The lowest BCUT2D eigenvalue weighted by molar-refractivity contribution is -0.886. The molecule has 2 N–H and O–H groups in total. The van der Waals surface area contributed by atoms with Crippen LogP contribution in [-0.4, -0.2) is 50.6 Å². The van der Waals surface area contributed by atoms with E-state index in [4.69, 9.17) is 4.74 Å². The zero-order valence-corrected chi connectivity index (χ0v) is 15.1. The number of ether oxygens (including phenoxy) is 1. The van der Waals surface area contributed by atoms with Crippen molar-refractivity contribution in [1.29, 1.82) is 0 Å². The number of rotatable bonds is 6. The summed E-state index contributed by atoms with van der Waals surface area (Å²) < 4.78 is 5.78. The van der Waals surface area contributed by atoms with Gasteiger partial charge in [-0.3, -0.25) is 14.5 Å². The van der Waals surface area contributed by atoms with E-state index in [0.29, 0.717) is 24.4 Å². The van der Waals surface area contributed by atoms with Gasteiger partial charge in [-0.15, -0.1) is 0 Å². The van der Waals surface area contributed by atoms with Crippen molar-refractivity contribution in [2.24, 2.45) is 0 Å². The second-order valence-corrected chi connectivity index (χ2v) is 6.97. The molecule has 0 aromatic heterocycles. The Labute approximate surface area is 149 Å². The summed E-state index contributed by atoms with van der Waals surface area (Å²) in [6, 6.07) is 5.74. The second-order valence-electron chi connectivity index (χ2n) is 6.97. The van der Waals surface area contributed by atoms with E-state index in [-0.39, 0.29) is 18.4 Å². The lowest BCUT2D eigenvalue weighted by Crippen LogP contribution is -3.10. The molecule has 2 aliphatic rings. The fourth-order valence-electron chi connectivity index (χ4n) is 3.56. The van der Waals surface area contributed by atoms with Crippen molar-refractivity contribution in [3.63, 3.8) is 0 Å². The molecule has 1 fully saturated rings. The molecule has 2 aliphatic heterocycles. The number of quaternary nitrogens is 1. The number of benzene rings is 1. The molecular formula is C19H28N3O3+. The Morgan fingerprint density at radius 2 is 2.12 bits per heavy atom. The lowest BCUT2D eigenvalue weighted by Gasteiger charge is -2.33. The molecular weight excluding hydrogens is 318 g/mol. The van der Waals surface area contributed by atoms with Gasteiger partial charge in [-0.1, -0.05) is 13.0 Å². The smallest absolute Gasteiger partial charge is 0.268 e. The third-order valence-corrected chi connectivity index (χ3v) is 5.00. The standard InChI is InChI=1S/C19H27N3O3/c1-3-16-19(24)22(15-12-14(2)6-7-17(15)25-16)13-18(23)20-8-11-21-9-4-5-10-21/h6-7,12,16H,3-5,8-11,13H2,1-2H3,(H,20,23)/p+1. The predicted octanol–water partition coefficient (Wildman–Crippen LogP) is 0.294. The fourth-order valence-corrected chi connectivity index (χ4v) is 3.56. The van der Waals surface area contributed by atoms with Crippen molar-refractivity contribution in [3.05, 3.63) is 23.8 Å². The van der Waals surface area contributed by atoms with Crippen LogP contribution in [0.15, 0.2) is 18.2 Å². The summed E-state index contributed by atoms with van der Waals surface area (Å²) in [6.07, 6.45) is 2.63. The maximum atomic E-state index is 12.7. The molecule has 6 nitrogen and oxygen atoms in total. The molecule has 1 aromatic carbocycles. The highest BCUT2D eigenvalue weighted by atomic mass is 16.5. The number of aryl methyl sites for hydroxylation is 1. The van der Waals surface area contributed by atoms with Crippen molar-refractivity contribution >= 4 is 17.5 Å². The number of hydrogen-bond donors (Lipinski definition) is 2. The van der Waals surface area contributed by atoms with Crippen LogP contribution in [0.3, 0.4) is 0 Å². The van der Waals surface area contributed by atoms with E-state index in [1.54, 1.807) is 9.80 Å². The summed E-state index contributed by atoms with van der Waals surface area (Å²) in [5, 5.41) is 2.96. The number of amides is 2. The Kier molecular flexibility index (Phi) is 5.58. The molecule has 0 spiro atoms. The van der Waals surface area contributed by atoms with Crippen molar-refractivity contribution in [1.82, 2.24) is 5.32 Å². The lowest BCUT2D eigenvalue weighted by atomic mass is 10.1. The summed E-state index contributed by atoms with van der Waals surface area (Å²) >= 11 is 0. The minimum atomic E-state index is -0.517. The van der Waals surface area contributed by atoms with Crippen molar-refractivity contribution in [3.8, 4) is 5.75 Å². The molecule has 136 valence electrons. The summed E-state index contributed by atoms with van der Waals surface area (Å²) in [6.45, 7) is 7.93. The third-order valence-electron chi connectivity index (χ3n) is 5.00. The van der Waals surface area contributed by atoms with Crippen LogP contribution < -0.4 is 19.9 Å². The summed E-state index contributed by atoms with van der Waals surface area (Å²) in [7, 11) is 0. The van der Waals surface area contributed by atoms with Gasteiger partial charge >= 0.3 is 0 Å². The summed E-state index contributed by atoms with van der Waals surface area (Å²) in [5.41, 5.74) is 1.73. The average Bonchev–Trinajstić information content (AvgIpc) is 3.11. The molecule has 2 heterocycles. The van der Waals surface area contributed by atoms with Gasteiger partial charge in [0.2, 0.25) is 5.91 Å². The summed E-state index contributed by atoms with van der Waals surface area (Å²) in [4.78, 5) is 28.1. The molecule has 0 saturated carbocycles. The topological polar surface area (TPSA) is 63.1 Å². The zero-order valence-electron chi connectivity index (χ0n) is 15.1. The monoisotopic (exact) mass is 346 g/mol. The quantitative estimate of drug-likeness (QED) is 0.778. The van der Waals surface area contributed by atoms with Gasteiger partial charge in [0.25, 0.3) is 5.91 Å². The number of carbonyl (C=O) groups excluding carboxylic acids is 2. The molecule has 3 rings (SSSR count). The molecule has 2 amide bonds. The van der Waals surface area contributed by atoms with Crippen LogP contribution in [0.25, 0.3) is 0 Å². The molecule has 0 radical (unpaired) electrons. The minimum Gasteiger partial charge on any atom is -0.478 e. The number of likely N-dealkylation sites (tertiary alicyclic amines) is 1. The molecule has 0 bridgehead atoms. The Morgan fingerprint density at radius 1 is 1.36 bits per heavy atom. The van der Waals surface area contributed by atoms with Crippen molar-refractivity contribution < 1.29 is 19.2 Å². The first-order valence-electron chi connectivity index (χ1n) is 9.27.